The van der Waals surface area contributed by atoms with E-state index in [1.165, 1.54) is 18.7 Å². The molecule has 0 spiro atoms. The van der Waals surface area contributed by atoms with Gasteiger partial charge in [-0.1, -0.05) is 45.0 Å². The average molecular weight is 321 g/mol. The van der Waals surface area contributed by atoms with Crippen LogP contribution in [0.4, 0.5) is 0 Å². The van der Waals surface area contributed by atoms with E-state index in [-0.39, 0.29) is 17.5 Å². The molecule has 1 unspecified atom stereocenters. The van der Waals surface area contributed by atoms with Gasteiger partial charge in [0, 0.05) is 6.08 Å². The molecule has 3 nitrogen and oxygen atoms in total. The van der Waals surface area contributed by atoms with Crippen LogP contribution in [0.25, 0.3) is 6.08 Å². The van der Waals surface area contributed by atoms with E-state index in [0.717, 1.165) is 12.0 Å². The van der Waals surface area contributed by atoms with Crippen LogP contribution in [0.5, 0.6) is 0 Å². The third kappa shape index (κ3) is 6.58. The van der Waals surface area contributed by atoms with Gasteiger partial charge in [0.25, 0.3) is 0 Å². The van der Waals surface area contributed by atoms with Crippen LogP contribution in [0, 0.1) is 5.41 Å². The highest BCUT2D eigenvalue weighted by atomic mass is 28.3. The van der Waals surface area contributed by atoms with Crippen molar-refractivity contribution in [3.63, 3.8) is 0 Å². The minimum Gasteiger partial charge on any atom is -0.466 e. The van der Waals surface area contributed by atoms with Crippen molar-refractivity contribution < 1.29 is 14.0 Å². The van der Waals surface area contributed by atoms with Crippen LogP contribution in [0.3, 0.4) is 0 Å². The van der Waals surface area contributed by atoms with Crippen molar-refractivity contribution in [1.82, 2.24) is 0 Å². The van der Waals surface area contributed by atoms with E-state index in [1.54, 1.807) is 6.08 Å². The molecule has 0 N–H and O–H groups in total. The van der Waals surface area contributed by atoms with Gasteiger partial charge in [0.15, 0.2) is 9.04 Å². The first-order valence-corrected chi connectivity index (χ1v) is 10.5. The molecule has 0 aliphatic rings. The van der Waals surface area contributed by atoms with Crippen LogP contribution in [0.1, 0.15) is 31.9 Å². The van der Waals surface area contributed by atoms with Gasteiger partial charge in [-0.15, -0.1) is 0 Å². The van der Waals surface area contributed by atoms with E-state index in [9.17, 15) is 4.79 Å². The van der Waals surface area contributed by atoms with Crippen LogP contribution < -0.4 is 0 Å². The number of carbonyl (C=O) groups is 1. The maximum atomic E-state index is 11.1. The molecule has 0 amide bonds. The zero-order valence-electron chi connectivity index (χ0n) is 14.6. The molecule has 0 bridgehead atoms. The molecule has 22 heavy (non-hydrogen) atoms. The predicted molar refractivity (Wildman–Crippen MR) is 94.4 cm³/mol. The van der Waals surface area contributed by atoms with Gasteiger partial charge in [0.05, 0.1) is 13.2 Å². The number of hydrogen-bond acceptors (Lipinski definition) is 3. The minimum absolute atomic E-state index is 0.126. The summed E-state index contributed by atoms with van der Waals surface area (Å²) in [4.78, 5) is 11.1. The summed E-state index contributed by atoms with van der Waals surface area (Å²) in [6.45, 7) is 11.1. The van der Waals surface area contributed by atoms with E-state index < -0.39 is 9.04 Å². The molecular formula is C18H28O3Si. The standard InChI is InChI=1S/C18H28O3Si/c1-18(2,3)16(21-22(5)6)13-15-9-7-14(8-10-15)11-12-17(19)20-4/h7-12,16,22H,13H2,1-6H3. The normalized spacial score (nSPS) is 13.6. The van der Waals surface area contributed by atoms with Crippen molar-refractivity contribution >= 4 is 21.1 Å². The molecule has 1 aromatic rings. The van der Waals surface area contributed by atoms with Crippen molar-refractivity contribution in [2.75, 3.05) is 7.11 Å². The fourth-order valence-corrected chi connectivity index (χ4v) is 3.26. The van der Waals surface area contributed by atoms with E-state index in [4.69, 9.17) is 4.43 Å². The summed E-state index contributed by atoms with van der Waals surface area (Å²) in [5.74, 6) is -0.341. The Balaban J connectivity index is 2.77. The van der Waals surface area contributed by atoms with Crippen molar-refractivity contribution in [3.8, 4) is 0 Å². The number of ether oxygens (including phenoxy) is 1. The van der Waals surface area contributed by atoms with E-state index in [0.29, 0.717) is 0 Å². The number of hydrogen-bond donors (Lipinski definition) is 0. The third-order valence-electron chi connectivity index (χ3n) is 3.42. The molecular weight excluding hydrogens is 292 g/mol. The zero-order valence-corrected chi connectivity index (χ0v) is 15.7. The van der Waals surface area contributed by atoms with Gasteiger partial charge >= 0.3 is 5.97 Å². The first-order chi connectivity index (χ1) is 10.2. The number of benzene rings is 1. The fraction of sp³-hybridized carbons (Fsp3) is 0.500. The summed E-state index contributed by atoms with van der Waals surface area (Å²) in [5, 5.41) is 0. The molecule has 1 aromatic carbocycles. The van der Waals surface area contributed by atoms with Gasteiger partial charge in [-0.25, -0.2) is 4.79 Å². The van der Waals surface area contributed by atoms with Crippen LogP contribution >= 0.6 is 0 Å². The van der Waals surface area contributed by atoms with E-state index >= 15 is 0 Å². The Morgan fingerprint density at radius 3 is 2.27 bits per heavy atom. The Bertz CT molecular complexity index is 498. The maximum absolute atomic E-state index is 11.1. The van der Waals surface area contributed by atoms with E-state index in [1.807, 2.05) is 12.1 Å². The molecule has 0 fully saturated rings. The number of esters is 1. The lowest BCUT2D eigenvalue weighted by molar-refractivity contribution is -0.134. The summed E-state index contributed by atoms with van der Waals surface area (Å²) in [6.07, 6.45) is 4.33. The van der Waals surface area contributed by atoms with Gasteiger partial charge in [-0.3, -0.25) is 0 Å². The molecule has 1 rings (SSSR count). The van der Waals surface area contributed by atoms with Crippen LogP contribution in [-0.2, 0) is 20.4 Å². The molecule has 0 aromatic heterocycles. The Hall–Kier alpha value is -1.39. The third-order valence-corrected chi connectivity index (χ3v) is 4.29. The monoisotopic (exact) mass is 320 g/mol. The summed E-state index contributed by atoms with van der Waals surface area (Å²) in [7, 11) is 0.307. The first-order valence-electron chi connectivity index (χ1n) is 7.73. The van der Waals surface area contributed by atoms with Gasteiger partial charge in [0.1, 0.15) is 0 Å². The molecule has 0 aliphatic carbocycles. The van der Waals surface area contributed by atoms with Crippen molar-refractivity contribution in [3.05, 3.63) is 41.5 Å². The van der Waals surface area contributed by atoms with Crippen molar-refractivity contribution in [2.24, 2.45) is 5.41 Å². The fourth-order valence-electron chi connectivity index (χ4n) is 2.10. The Morgan fingerprint density at radius 2 is 1.82 bits per heavy atom. The second kappa shape index (κ2) is 8.29. The lowest BCUT2D eigenvalue weighted by Crippen LogP contribution is -2.35. The summed E-state index contributed by atoms with van der Waals surface area (Å²) in [5.41, 5.74) is 2.37. The van der Waals surface area contributed by atoms with Crippen molar-refractivity contribution in [2.45, 2.75) is 46.4 Å². The lowest BCUT2D eigenvalue weighted by Gasteiger charge is -2.32. The van der Waals surface area contributed by atoms with Crippen molar-refractivity contribution in [1.29, 1.82) is 0 Å². The maximum Gasteiger partial charge on any atom is 0.330 e. The molecule has 0 aliphatic heterocycles. The van der Waals surface area contributed by atoms with Gasteiger partial charge in [-0.05, 0) is 42.1 Å². The molecule has 0 radical (unpaired) electrons. The topological polar surface area (TPSA) is 35.5 Å². The second-order valence-electron chi connectivity index (χ2n) is 6.84. The Morgan fingerprint density at radius 1 is 1.23 bits per heavy atom. The molecule has 0 saturated heterocycles. The molecule has 0 heterocycles. The summed E-state index contributed by atoms with van der Waals surface area (Å²) in [6, 6.07) is 8.23. The van der Waals surface area contributed by atoms with Crippen LogP contribution in [0.15, 0.2) is 30.3 Å². The highest BCUT2D eigenvalue weighted by Gasteiger charge is 2.26. The number of rotatable bonds is 6. The SMILES string of the molecule is COC(=O)C=Cc1ccc(CC(O[SiH](C)C)C(C)(C)C)cc1. The van der Waals surface area contributed by atoms with Crippen LogP contribution in [0.2, 0.25) is 13.1 Å². The Labute approximate surface area is 136 Å². The summed E-state index contributed by atoms with van der Waals surface area (Å²) >= 11 is 0. The number of methoxy groups -OCH3 is 1. The first kappa shape index (κ1) is 18.7. The van der Waals surface area contributed by atoms with Gasteiger partial charge in [0.2, 0.25) is 0 Å². The Kier molecular flexibility index (Phi) is 7.03. The highest BCUT2D eigenvalue weighted by Crippen LogP contribution is 2.26. The lowest BCUT2D eigenvalue weighted by atomic mass is 9.85. The summed E-state index contributed by atoms with van der Waals surface area (Å²) < 4.78 is 10.8. The van der Waals surface area contributed by atoms with Gasteiger partial charge < -0.3 is 9.16 Å². The minimum atomic E-state index is -1.07. The largest absolute Gasteiger partial charge is 0.466 e. The molecule has 4 heteroatoms. The molecule has 122 valence electrons. The van der Waals surface area contributed by atoms with E-state index in [2.05, 4.69) is 50.7 Å². The van der Waals surface area contributed by atoms with Crippen LogP contribution in [-0.4, -0.2) is 28.2 Å². The zero-order chi connectivity index (χ0) is 16.8. The quantitative estimate of drug-likeness (QED) is 0.454. The highest BCUT2D eigenvalue weighted by molar-refractivity contribution is 6.48. The van der Waals surface area contributed by atoms with Gasteiger partial charge in [-0.2, -0.15) is 0 Å². The molecule has 0 saturated carbocycles. The predicted octanol–water partition coefficient (Wildman–Crippen LogP) is 3.83. The smallest absolute Gasteiger partial charge is 0.330 e. The second-order valence-corrected chi connectivity index (χ2v) is 9.21. The number of carbonyl (C=O) groups excluding carboxylic acids is 1. The average Bonchev–Trinajstić information content (AvgIpc) is 2.44. The molecule has 1 atom stereocenters.